The minimum atomic E-state index is -1.12. The molecule has 0 bridgehead atoms. The van der Waals surface area contributed by atoms with Crippen LogP contribution in [0.3, 0.4) is 0 Å². The van der Waals surface area contributed by atoms with Crippen LogP contribution < -0.4 is 10.5 Å². The third kappa shape index (κ3) is 3.82. The lowest BCUT2D eigenvalue weighted by Gasteiger charge is -2.14. The van der Waals surface area contributed by atoms with E-state index in [0.717, 1.165) is 5.56 Å². The highest BCUT2D eigenvalue weighted by atomic mass is 16.5. The van der Waals surface area contributed by atoms with Crippen molar-refractivity contribution >= 4 is 28.7 Å². The van der Waals surface area contributed by atoms with Crippen molar-refractivity contribution in [1.29, 1.82) is 0 Å². The second-order valence-corrected chi connectivity index (χ2v) is 6.59. The SMILES string of the molecule is CCC(Oc1ccnc2c1c(C(=O)C(N)=O)c(C)n2Cc1ccccc1)C(=O)O. The van der Waals surface area contributed by atoms with E-state index in [4.69, 9.17) is 10.5 Å². The number of hydrogen-bond donors (Lipinski definition) is 2. The largest absolute Gasteiger partial charge is 0.479 e. The number of ketones is 1. The maximum absolute atomic E-state index is 12.6. The third-order valence-electron chi connectivity index (χ3n) is 4.71. The molecule has 0 saturated heterocycles. The maximum Gasteiger partial charge on any atom is 0.344 e. The lowest BCUT2D eigenvalue weighted by Crippen LogP contribution is -2.26. The Labute approximate surface area is 166 Å². The molecule has 150 valence electrons. The van der Waals surface area contributed by atoms with Crippen molar-refractivity contribution in [3.05, 3.63) is 59.4 Å². The molecule has 3 rings (SSSR count). The van der Waals surface area contributed by atoms with Crippen LogP contribution in [0.25, 0.3) is 11.0 Å². The fraction of sp³-hybridized carbons (Fsp3) is 0.238. The molecular formula is C21H21N3O5. The van der Waals surface area contributed by atoms with Crippen LogP contribution in [0.5, 0.6) is 5.75 Å². The number of carboxylic acids is 1. The molecule has 1 atom stereocenters. The molecule has 0 saturated carbocycles. The molecule has 3 aromatic rings. The van der Waals surface area contributed by atoms with E-state index in [1.165, 1.54) is 12.3 Å². The first-order valence-electron chi connectivity index (χ1n) is 9.10. The molecule has 0 aliphatic rings. The van der Waals surface area contributed by atoms with Gasteiger partial charge in [0.2, 0.25) is 0 Å². The Morgan fingerprint density at radius 2 is 1.90 bits per heavy atom. The van der Waals surface area contributed by atoms with Crippen LogP contribution >= 0.6 is 0 Å². The summed E-state index contributed by atoms with van der Waals surface area (Å²) in [6, 6.07) is 11.0. The van der Waals surface area contributed by atoms with Crippen molar-refractivity contribution in [2.45, 2.75) is 32.9 Å². The zero-order valence-electron chi connectivity index (χ0n) is 16.1. The van der Waals surface area contributed by atoms with E-state index < -0.39 is 23.8 Å². The number of pyridine rings is 1. The zero-order valence-corrected chi connectivity index (χ0v) is 16.1. The van der Waals surface area contributed by atoms with E-state index >= 15 is 0 Å². The third-order valence-corrected chi connectivity index (χ3v) is 4.71. The number of Topliss-reactive ketones (excluding diaryl/α,β-unsaturated/α-hetero) is 1. The molecule has 8 heteroatoms. The Balaban J connectivity index is 2.24. The van der Waals surface area contributed by atoms with Gasteiger partial charge in [0.15, 0.2) is 6.10 Å². The lowest BCUT2D eigenvalue weighted by molar-refractivity contribution is -0.145. The number of amides is 1. The van der Waals surface area contributed by atoms with E-state index in [-0.39, 0.29) is 23.1 Å². The second-order valence-electron chi connectivity index (χ2n) is 6.59. The summed E-state index contributed by atoms with van der Waals surface area (Å²) < 4.78 is 7.46. The van der Waals surface area contributed by atoms with Gasteiger partial charge in [0.1, 0.15) is 11.4 Å². The monoisotopic (exact) mass is 395 g/mol. The number of carboxylic acid groups (broad SMARTS) is 1. The van der Waals surface area contributed by atoms with Gasteiger partial charge in [-0.05, 0) is 25.0 Å². The molecule has 2 heterocycles. The summed E-state index contributed by atoms with van der Waals surface area (Å²) in [5.74, 6) is -2.93. The summed E-state index contributed by atoms with van der Waals surface area (Å²) in [6.07, 6.45) is 0.600. The van der Waals surface area contributed by atoms with Crippen LogP contribution in [0.4, 0.5) is 0 Å². The van der Waals surface area contributed by atoms with Gasteiger partial charge in [-0.25, -0.2) is 9.78 Å². The number of nitrogens with zero attached hydrogens (tertiary/aromatic N) is 2. The molecule has 29 heavy (non-hydrogen) atoms. The number of fused-ring (bicyclic) bond motifs is 1. The number of benzene rings is 1. The van der Waals surface area contributed by atoms with E-state index in [2.05, 4.69) is 4.98 Å². The summed E-state index contributed by atoms with van der Waals surface area (Å²) in [5.41, 5.74) is 7.22. The smallest absolute Gasteiger partial charge is 0.344 e. The number of hydrogen-bond acceptors (Lipinski definition) is 5. The number of aliphatic carboxylic acids is 1. The Bertz CT molecular complexity index is 1090. The zero-order chi connectivity index (χ0) is 21.1. The molecule has 1 amide bonds. The van der Waals surface area contributed by atoms with Crippen LogP contribution in [0.2, 0.25) is 0 Å². The Hall–Kier alpha value is -3.68. The van der Waals surface area contributed by atoms with Gasteiger partial charge in [-0.15, -0.1) is 0 Å². The van der Waals surface area contributed by atoms with Gasteiger partial charge >= 0.3 is 5.97 Å². The van der Waals surface area contributed by atoms with Gasteiger partial charge in [-0.3, -0.25) is 9.59 Å². The minimum Gasteiger partial charge on any atom is -0.479 e. The minimum absolute atomic E-state index is 0.0757. The molecule has 8 nitrogen and oxygen atoms in total. The molecule has 0 aliphatic carbocycles. The van der Waals surface area contributed by atoms with Gasteiger partial charge < -0.3 is 20.1 Å². The van der Waals surface area contributed by atoms with Crippen molar-refractivity contribution in [2.24, 2.45) is 5.73 Å². The topological polar surface area (TPSA) is 125 Å². The molecule has 0 aliphatic heterocycles. The first kappa shape index (κ1) is 20.1. The van der Waals surface area contributed by atoms with Crippen molar-refractivity contribution < 1.29 is 24.2 Å². The van der Waals surface area contributed by atoms with Crippen LogP contribution in [-0.4, -0.2) is 38.4 Å². The van der Waals surface area contributed by atoms with Crippen LogP contribution in [0.15, 0.2) is 42.6 Å². The normalized spacial score (nSPS) is 11.9. The average molecular weight is 395 g/mol. The second kappa shape index (κ2) is 8.14. The summed E-state index contributed by atoms with van der Waals surface area (Å²) in [4.78, 5) is 40.1. The van der Waals surface area contributed by atoms with E-state index in [1.54, 1.807) is 18.4 Å². The summed E-state index contributed by atoms with van der Waals surface area (Å²) in [7, 11) is 0. The summed E-state index contributed by atoms with van der Waals surface area (Å²) >= 11 is 0. The quantitative estimate of drug-likeness (QED) is 0.445. The van der Waals surface area contributed by atoms with Crippen LogP contribution in [-0.2, 0) is 16.1 Å². The Morgan fingerprint density at radius 3 is 2.48 bits per heavy atom. The molecule has 1 aromatic carbocycles. The number of rotatable bonds is 8. The predicted molar refractivity (Wildman–Crippen MR) is 106 cm³/mol. The Morgan fingerprint density at radius 1 is 1.21 bits per heavy atom. The fourth-order valence-corrected chi connectivity index (χ4v) is 3.27. The number of carbonyl (C=O) groups is 3. The number of carbonyl (C=O) groups excluding carboxylic acids is 2. The lowest BCUT2D eigenvalue weighted by atomic mass is 10.1. The summed E-state index contributed by atoms with van der Waals surface area (Å²) in [6.45, 7) is 3.78. The standard InChI is InChI=1S/C21H21N3O5/c1-3-14(21(27)28)29-15-9-10-23-20-17(15)16(18(25)19(22)26)12(2)24(20)11-13-7-5-4-6-8-13/h4-10,14H,3,11H2,1-2H3,(H2,22,26)(H,27,28). The molecule has 0 fully saturated rings. The molecule has 3 N–H and O–H groups in total. The van der Waals surface area contributed by atoms with Crippen molar-refractivity contribution in [3.8, 4) is 5.75 Å². The molecular weight excluding hydrogens is 374 g/mol. The van der Waals surface area contributed by atoms with E-state index in [0.29, 0.717) is 17.9 Å². The molecule has 2 aromatic heterocycles. The van der Waals surface area contributed by atoms with Gasteiger partial charge in [0.05, 0.1) is 10.9 Å². The molecule has 1 unspecified atom stereocenters. The van der Waals surface area contributed by atoms with Crippen molar-refractivity contribution in [1.82, 2.24) is 9.55 Å². The van der Waals surface area contributed by atoms with Gasteiger partial charge in [-0.2, -0.15) is 0 Å². The highest BCUT2D eigenvalue weighted by molar-refractivity contribution is 6.45. The highest BCUT2D eigenvalue weighted by Crippen LogP contribution is 2.34. The van der Waals surface area contributed by atoms with Crippen molar-refractivity contribution in [2.75, 3.05) is 0 Å². The van der Waals surface area contributed by atoms with Crippen molar-refractivity contribution in [3.63, 3.8) is 0 Å². The number of ether oxygens (including phenoxy) is 1. The van der Waals surface area contributed by atoms with Gasteiger partial charge in [0.25, 0.3) is 11.7 Å². The van der Waals surface area contributed by atoms with Gasteiger partial charge in [0, 0.05) is 18.4 Å². The first-order valence-corrected chi connectivity index (χ1v) is 9.10. The molecule has 0 spiro atoms. The van der Waals surface area contributed by atoms with E-state index in [1.807, 2.05) is 30.3 Å². The fourth-order valence-electron chi connectivity index (χ4n) is 3.27. The maximum atomic E-state index is 12.6. The van der Waals surface area contributed by atoms with Crippen LogP contribution in [0, 0.1) is 6.92 Å². The first-order chi connectivity index (χ1) is 13.8. The van der Waals surface area contributed by atoms with Gasteiger partial charge in [-0.1, -0.05) is 37.3 Å². The number of nitrogens with two attached hydrogens (primary N) is 1. The molecule has 0 radical (unpaired) electrons. The Kier molecular flexibility index (Phi) is 5.63. The highest BCUT2D eigenvalue weighted by Gasteiger charge is 2.28. The predicted octanol–water partition coefficient (Wildman–Crippen LogP) is 2.30. The average Bonchev–Trinajstić information content (AvgIpc) is 2.98. The summed E-state index contributed by atoms with van der Waals surface area (Å²) in [5, 5.41) is 9.62. The number of primary amides is 1. The number of aromatic nitrogens is 2. The van der Waals surface area contributed by atoms with E-state index in [9.17, 15) is 19.5 Å². The van der Waals surface area contributed by atoms with Crippen LogP contribution in [0.1, 0.15) is 35.0 Å².